The van der Waals surface area contributed by atoms with Crippen molar-refractivity contribution < 1.29 is 29.5 Å². The largest absolute Gasteiger partial charge is 0.478 e. The van der Waals surface area contributed by atoms with E-state index in [0.29, 0.717) is 0 Å². The first-order valence-corrected chi connectivity index (χ1v) is 8.74. The van der Waals surface area contributed by atoms with Gasteiger partial charge in [0.1, 0.15) is 5.71 Å². The molecule has 1 N–H and O–H groups in total. The lowest BCUT2D eigenvalue weighted by molar-refractivity contribution is -0.393. The fraction of sp³-hybridized carbons (Fsp3) is 0.125. The normalized spacial score (nSPS) is 14.0. The smallest absolute Gasteiger partial charge is 0.347 e. The molecule has 0 bridgehead atoms. The number of carboxylic acids is 1. The molecule has 14 heteroatoms. The van der Waals surface area contributed by atoms with Crippen LogP contribution in [0.25, 0.3) is 11.1 Å². The number of halogens is 1. The Hall–Kier alpha value is -3.94. The molecule has 0 amide bonds. The van der Waals surface area contributed by atoms with Crippen molar-refractivity contribution in [2.45, 2.75) is 13.0 Å². The zero-order chi connectivity index (χ0) is 22.3. The maximum atomic E-state index is 11.6. The van der Waals surface area contributed by atoms with E-state index in [1.807, 2.05) is 0 Å². The zero-order valence-electron chi connectivity index (χ0n) is 14.8. The fourth-order valence-electron chi connectivity index (χ4n) is 2.87. The van der Waals surface area contributed by atoms with Crippen LogP contribution in [0, 0.1) is 30.3 Å². The molecule has 0 saturated heterocycles. The Bertz CT molecular complexity index is 1180. The number of carbonyl (C=O) groups is 1. The van der Waals surface area contributed by atoms with Gasteiger partial charge in [-0.1, -0.05) is 5.16 Å². The van der Waals surface area contributed by atoms with E-state index in [9.17, 15) is 35.1 Å². The highest BCUT2D eigenvalue weighted by Crippen LogP contribution is 2.49. The van der Waals surface area contributed by atoms with Gasteiger partial charge < -0.3 is 9.94 Å². The molecule has 0 spiro atoms. The number of nitro groups is 3. The fourth-order valence-corrected chi connectivity index (χ4v) is 3.52. The van der Waals surface area contributed by atoms with Crippen LogP contribution in [0.4, 0.5) is 17.1 Å². The predicted molar refractivity (Wildman–Crippen MR) is 103 cm³/mol. The molecule has 1 aliphatic carbocycles. The number of nitro benzene ring substituents is 3. The van der Waals surface area contributed by atoms with Gasteiger partial charge in [0.25, 0.3) is 17.1 Å². The second kappa shape index (κ2) is 7.47. The van der Waals surface area contributed by atoms with E-state index < -0.39 is 38.2 Å². The second-order valence-corrected chi connectivity index (χ2v) is 6.89. The van der Waals surface area contributed by atoms with Gasteiger partial charge in [0.05, 0.1) is 26.4 Å². The highest BCUT2D eigenvalue weighted by atomic mass is 79.9. The number of nitrogens with zero attached hydrogens (tertiary/aromatic N) is 4. The summed E-state index contributed by atoms with van der Waals surface area (Å²) in [5.41, 5.74) is -1.81. The Morgan fingerprint density at radius 2 is 1.53 bits per heavy atom. The minimum atomic E-state index is -1.42. The highest BCUT2D eigenvalue weighted by molar-refractivity contribution is 9.10. The van der Waals surface area contributed by atoms with E-state index >= 15 is 0 Å². The number of fused-ring (bicyclic) bond motifs is 3. The molecule has 0 aliphatic heterocycles. The van der Waals surface area contributed by atoms with Gasteiger partial charge in [-0.3, -0.25) is 30.3 Å². The quantitative estimate of drug-likeness (QED) is 0.406. The summed E-state index contributed by atoms with van der Waals surface area (Å²) in [6.45, 7) is 1.17. The van der Waals surface area contributed by atoms with E-state index in [4.69, 9.17) is 9.94 Å². The number of hydrogen-bond donors (Lipinski definition) is 1. The van der Waals surface area contributed by atoms with Crippen LogP contribution in [0.15, 0.2) is 33.9 Å². The molecule has 0 saturated carbocycles. The van der Waals surface area contributed by atoms with Gasteiger partial charge in [-0.25, -0.2) is 4.79 Å². The Labute approximate surface area is 174 Å². The third-order valence-electron chi connectivity index (χ3n) is 4.21. The maximum Gasteiger partial charge on any atom is 0.347 e. The molecule has 2 aromatic rings. The van der Waals surface area contributed by atoms with Crippen molar-refractivity contribution in [2.24, 2.45) is 5.16 Å². The number of non-ortho nitro benzene ring substituents is 2. The third-order valence-corrected chi connectivity index (χ3v) is 4.83. The van der Waals surface area contributed by atoms with E-state index in [1.165, 1.54) is 6.92 Å². The van der Waals surface area contributed by atoms with Crippen molar-refractivity contribution in [1.29, 1.82) is 0 Å². The van der Waals surface area contributed by atoms with Crippen LogP contribution in [-0.2, 0) is 9.63 Å². The van der Waals surface area contributed by atoms with Crippen LogP contribution in [-0.4, -0.2) is 37.7 Å². The Morgan fingerprint density at radius 1 is 1.00 bits per heavy atom. The lowest BCUT2D eigenvalue weighted by atomic mass is 10.0. The van der Waals surface area contributed by atoms with Crippen LogP contribution >= 0.6 is 15.9 Å². The SMILES string of the molecule is CC(O/N=C1/c2cc([N+](=O)[O-])cc(Br)c2-c2c1cc([N+](=O)[O-])cc2[N+](=O)[O-])C(=O)O. The number of hydrogen-bond acceptors (Lipinski definition) is 9. The second-order valence-electron chi connectivity index (χ2n) is 6.03. The molecule has 0 radical (unpaired) electrons. The summed E-state index contributed by atoms with van der Waals surface area (Å²) in [6, 6.07) is 3.97. The maximum absolute atomic E-state index is 11.6. The van der Waals surface area contributed by atoms with Gasteiger partial charge in [0, 0.05) is 39.4 Å². The van der Waals surface area contributed by atoms with E-state index in [0.717, 1.165) is 24.3 Å². The number of rotatable bonds is 6. The summed E-state index contributed by atoms with van der Waals surface area (Å²) in [6.07, 6.45) is -1.42. The summed E-state index contributed by atoms with van der Waals surface area (Å²) in [5.74, 6) is -1.36. The molecule has 154 valence electrons. The van der Waals surface area contributed by atoms with Crippen molar-refractivity contribution in [3.8, 4) is 11.1 Å². The Kier molecular flexibility index (Phi) is 5.18. The van der Waals surface area contributed by atoms with Gasteiger partial charge in [-0.05, 0) is 22.9 Å². The number of carboxylic acid groups (broad SMARTS) is 1. The van der Waals surface area contributed by atoms with Gasteiger partial charge in [-0.15, -0.1) is 0 Å². The summed E-state index contributed by atoms with van der Waals surface area (Å²) in [4.78, 5) is 47.6. The molecule has 3 rings (SSSR count). The van der Waals surface area contributed by atoms with Crippen molar-refractivity contribution in [3.63, 3.8) is 0 Å². The van der Waals surface area contributed by atoms with Crippen molar-refractivity contribution in [2.75, 3.05) is 0 Å². The van der Waals surface area contributed by atoms with Gasteiger partial charge in [-0.2, -0.15) is 0 Å². The first-order valence-electron chi connectivity index (χ1n) is 7.95. The van der Waals surface area contributed by atoms with Crippen LogP contribution in [0.5, 0.6) is 0 Å². The lowest BCUT2D eigenvalue weighted by Crippen LogP contribution is -2.18. The van der Waals surface area contributed by atoms with Gasteiger partial charge >= 0.3 is 5.97 Å². The molecular formula is C16H9BrN4O9. The number of oxime groups is 1. The summed E-state index contributed by atoms with van der Waals surface area (Å²) in [7, 11) is 0. The molecule has 1 atom stereocenters. The zero-order valence-corrected chi connectivity index (χ0v) is 16.4. The van der Waals surface area contributed by atoms with Gasteiger partial charge in [0.2, 0.25) is 6.10 Å². The molecule has 1 unspecified atom stereocenters. The first kappa shape index (κ1) is 20.8. The van der Waals surface area contributed by atoms with Crippen LogP contribution in [0.3, 0.4) is 0 Å². The molecule has 0 aromatic heterocycles. The highest BCUT2D eigenvalue weighted by Gasteiger charge is 2.38. The van der Waals surface area contributed by atoms with Crippen LogP contribution in [0.2, 0.25) is 0 Å². The van der Waals surface area contributed by atoms with Crippen molar-refractivity contribution in [1.82, 2.24) is 0 Å². The van der Waals surface area contributed by atoms with E-state index in [2.05, 4.69) is 21.1 Å². The number of benzene rings is 2. The molecule has 13 nitrogen and oxygen atoms in total. The van der Waals surface area contributed by atoms with E-state index in [1.54, 1.807) is 0 Å². The summed E-state index contributed by atoms with van der Waals surface area (Å²) in [5, 5.41) is 46.8. The molecular weight excluding hydrogens is 472 g/mol. The molecule has 0 fully saturated rings. The predicted octanol–water partition coefficient (Wildman–Crippen LogP) is 3.40. The minimum Gasteiger partial charge on any atom is -0.478 e. The summed E-state index contributed by atoms with van der Waals surface area (Å²) < 4.78 is 0.112. The number of aliphatic carboxylic acids is 1. The standard InChI is InChI=1S/C16H9BrN4O9/c1-6(16(22)23)30-18-15-9-2-7(19(24)25)4-11(17)13(9)14-10(15)3-8(20(26)27)5-12(14)21(28)29/h2-6H,1H3,(H,22,23)/b18-15-. The first-order chi connectivity index (χ1) is 14.0. The molecule has 1 aliphatic rings. The van der Waals surface area contributed by atoms with Crippen LogP contribution < -0.4 is 0 Å². The Balaban J connectivity index is 2.39. The Morgan fingerprint density at radius 3 is 2.03 bits per heavy atom. The molecule has 30 heavy (non-hydrogen) atoms. The lowest BCUT2D eigenvalue weighted by Gasteiger charge is -2.06. The molecule has 0 heterocycles. The average molecular weight is 481 g/mol. The average Bonchev–Trinajstić information content (AvgIpc) is 2.98. The van der Waals surface area contributed by atoms with Crippen molar-refractivity contribution in [3.05, 3.63) is 70.2 Å². The third kappa shape index (κ3) is 3.43. The topological polar surface area (TPSA) is 188 Å². The van der Waals surface area contributed by atoms with Crippen molar-refractivity contribution >= 4 is 44.7 Å². The van der Waals surface area contributed by atoms with Gasteiger partial charge in [0.15, 0.2) is 0 Å². The summed E-state index contributed by atoms with van der Waals surface area (Å²) >= 11 is 3.15. The van der Waals surface area contributed by atoms with E-state index in [-0.39, 0.29) is 38.1 Å². The van der Waals surface area contributed by atoms with Crippen LogP contribution in [0.1, 0.15) is 18.1 Å². The minimum absolute atomic E-state index is 0.0206. The monoisotopic (exact) mass is 480 g/mol. The molecule has 2 aromatic carbocycles.